The summed E-state index contributed by atoms with van der Waals surface area (Å²) in [7, 11) is 0. The quantitative estimate of drug-likeness (QED) is 0.623. The summed E-state index contributed by atoms with van der Waals surface area (Å²) < 4.78 is 28.1. The topological polar surface area (TPSA) is 99.2 Å². The van der Waals surface area contributed by atoms with Crippen LogP contribution in [0.25, 0.3) is 0 Å². The minimum atomic E-state index is -2.54. The van der Waals surface area contributed by atoms with E-state index in [4.69, 9.17) is 4.74 Å². The maximum atomic E-state index is 13.1. The normalized spacial score (nSPS) is 20.6. The van der Waals surface area contributed by atoms with Crippen LogP contribution in [0.3, 0.4) is 0 Å². The van der Waals surface area contributed by atoms with Crippen molar-refractivity contribution < 1.29 is 23.1 Å². The summed E-state index contributed by atoms with van der Waals surface area (Å²) in [5, 5.41) is 2.94. The molecule has 1 unspecified atom stereocenters. The predicted molar refractivity (Wildman–Crippen MR) is 127 cm³/mol. The van der Waals surface area contributed by atoms with Gasteiger partial charge in [-0.25, -0.2) is 13.8 Å². The number of aryl methyl sites for hydroxylation is 2. The van der Waals surface area contributed by atoms with Crippen LogP contribution in [0, 0.1) is 0 Å². The summed E-state index contributed by atoms with van der Waals surface area (Å²) in [5.74, 6) is 0. The molecular weight excluding hydrogens is 442 g/mol. The number of carbonyl (C=O) groups is 2. The van der Waals surface area contributed by atoms with E-state index in [1.807, 2.05) is 20.8 Å². The molecule has 180 valence electrons. The number of nitrogens with one attached hydrogen (secondary N) is 1. The standard InChI is InChI=1S/C24H33N3O5S/c1-24(2,3)32-23(29)26-13-6-9-18(26)12-14-27(33(30)31)22(28)25-21-19-10-4-7-16(19)15-17-8-5-11-20(17)21/h12,14-15,18H,4-11,13H2,1-3H3,(H,25,28)(H,30,31)/b14-12+/t18-/m1/s1. The van der Waals surface area contributed by atoms with Gasteiger partial charge in [-0.1, -0.05) is 6.07 Å². The zero-order valence-electron chi connectivity index (χ0n) is 19.6. The molecule has 0 saturated carbocycles. The zero-order valence-corrected chi connectivity index (χ0v) is 20.4. The van der Waals surface area contributed by atoms with Gasteiger partial charge in [-0.15, -0.1) is 0 Å². The molecule has 3 amide bonds. The summed E-state index contributed by atoms with van der Waals surface area (Å²) in [6.07, 6.45) is 9.93. The minimum absolute atomic E-state index is 0.302. The molecule has 9 heteroatoms. The van der Waals surface area contributed by atoms with E-state index in [2.05, 4.69) is 11.4 Å². The number of hydrogen-bond acceptors (Lipinski definition) is 4. The smallest absolute Gasteiger partial charge is 0.410 e. The molecule has 4 rings (SSSR count). The van der Waals surface area contributed by atoms with Crippen molar-refractivity contribution in [3.05, 3.63) is 40.6 Å². The van der Waals surface area contributed by atoms with Crippen molar-refractivity contribution in [2.45, 2.75) is 83.8 Å². The number of rotatable bonds is 4. The molecule has 0 aromatic heterocycles. The van der Waals surface area contributed by atoms with E-state index in [0.717, 1.165) is 66.1 Å². The van der Waals surface area contributed by atoms with Crippen molar-refractivity contribution in [2.75, 3.05) is 11.9 Å². The van der Waals surface area contributed by atoms with Crippen LogP contribution >= 0.6 is 0 Å². The van der Waals surface area contributed by atoms with E-state index in [1.165, 1.54) is 17.3 Å². The summed E-state index contributed by atoms with van der Waals surface area (Å²) in [5.41, 5.74) is 5.08. The first-order valence-electron chi connectivity index (χ1n) is 11.7. The van der Waals surface area contributed by atoms with Gasteiger partial charge < -0.3 is 15.0 Å². The highest BCUT2D eigenvalue weighted by atomic mass is 32.2. The zero-order chi connectivity index (χ0) is 23.8. The van der Waals surface area contributed by atoms with Gasteiger partial charge in [0.05, 0.1) is 6.04 Å². The number of benzene rings is 1. The molecule has 1 aliphatic heterocycles. The van der Waals surface area contributed by atoms with Crippen LogP contribution in [0.5, 0.6) is 0 Å². The SMILES string of the molecule is CC(C)(C)OC(=O)N1CCC[C@@H]1/C=C/N(C(=O)Nc1c2c(cc3c1CCC3)CCC2)S(=O)O. The van der Waals surface area contributed by atoms with Crippen LogP contribution in [0.2, 0.25) is 0 Å². The Labute approximate surface area is 197 Å². The Kier molecular flexibility index (Phi) is 6.81. The number of anilines is 1. The summed E-state index contributed by atoms with van der Waals surface area (Å²) in [6.45, 7) is 5.97. The van der Waals surface area contributed by atoms with Crippen LogP contribution in [0.15, 0.2) is 18.3 Å². The molecule has 33 heavy (non-hydrogen) atoms. The van der Waals surface area contributed by atoms with E-state index in [0.29, 0.717) is 13.0 Å². The third kappa shape index (κ3) is 5.24. The number of carbonyl (C=O) groups excluding carboxylic acids is 2. The molecule has 2 N–H and O–H groups in total. The lowest BCUT2D eigenvalue weighted by atomic mass is 9.99. The van der Waals surface area contributed by atoms with Crippen molar-refractivity contribution in [1.29, 1.82) is 0 Å². The molecule has 0 bridgehead atoms. The second-order valence-corrected chi connectivity index (χ2v) is 10.8. The van der Waals surface area contributed by atoms with Gasteiger partial charge in [0.25, 0.3) is 11.3 Å². The van der Waals surface area contributed by atoms with Crippen LogP contribution in [0.4, 0.5) is 15.3 Å². The number of likely N-dealkylation sites (tertiary alicyclic amines) is 1. The molecule has 0 radical (unpaired) electrons. The Morgan fingerprint density at radius 1 is 1.15 bits per heavy atom. The van der Waals surface area contributed by atoms with Crippen LogP contribution in [0.1, 0.15) is 68.7 Å². The Morgan fingerprint density at radius 3 is 2.36 bits per heavy atom. The molecular formula is C24H33N3O5S. The number of hydrogen-bond donors (Lipinski definition) is 2. The first kappa shape index (κ1) is 23.8. The fraction of sp³-hybridized carbons (Fsp3) is 0.583. The lowest BCUT2D eigenvalue weighted by Crippen LogP contribution is -2.39. The van der Waals surface area contributed by atoms with Crippen molar-refractivity contribution in [3.8, 4) is 0 Å². The lowest BCUT2D eigenvalue weighted by Gasteiger charge is -2.27. The van der Waals surface area contributed by atoms with Gasteiger partial charge in [-0.3, -0.25) is 4.55 Å². The van der Waals surface area contributed by atoms with Gasteiger partial charge in [-0.05, 0) is 100 Å². The molecule has 3 aliphatic rings. The first-order valence-corrected chi connectivity index (χ1v) is 12.8. The molecule has 0 spiro atoms. The van der Waals surface area contributed by atoms with Crippen molar-refractivity contribution in [2.24, 2.45) is 0 Å². The number of urea groups is 1. The number of ether oxygens (including phenoxy) is 1. The largest absolute Gasteiger partial charge is 0.444 e. The molecule has 1 aromatic rings. The van der Waals surface area contributed by atoms with Gasteiger partial charge in [0, 0.05) is 18.4 Å². The highest BCUT2D eigenvalue weighted by Crippen LogP contribution is 2.38. The average molecular weight is 476 g/mol. The Morgan fingerprint density at radius 2 is 1.79 bits per heavy atom. The fourth-order valence-electron chi connectivity index (χ4n) is 5.04. The fourth-order valence-corrected chi connectivity index (χ4v) is 5.40. The molecule has 1 saturated heterocycles. The van der Waals surface area contributed by atoms with Gasteiger partial charge >= 0.3 is 12.1 Å². The van der Waals surface area contributed by atoms with Crippen molar-refractivity contribution in [1.82, 2.24) is 9.21 Å². The summed E-state index contributed by atoms with van der Waals surface area (Å²) in [4.78, 5) is 27.2. The van der Waals surface area contributed by atoms with Gasteiger partial charge in [0.1, 0.15) is 5.60 Å². The molecule has 2 aliphatic carbocycles. The van der Waals surface area contributed by atoms with Crippen LogP contribution in [-0.2, 0) is 41.7 Å². The second kappa shape index (κ2) is 9.46. The molecule has 8 nitrogen and oxygen atoms in total. The molecule has 1 heterocycles. The molecule has 1 fully saturated rings. The van der Waals surface area contributed by atoms with Gasteiger partial charge in [0.2, 0.25) is 0 Å². The van der Waals surface area contributed by atoms with Gasteiger partial charge in [-0.2, -0.15) is 4.31 Å². The monoisotopic (exact) mass is 475 g/mol. The molecule has 1 aromatic carbocycles. The maximum absolute atomic E-state index is 13.1. The highest BCUT2D eigenvalue weighted by Gasteiger charge is 2.32. The van der Waals surface area contributed by atoms with Crippen LogP contribution in [-0.4, -0.2) is 48.3 Å². The van der Waals surface area contributed by atoms with Crippen LogP contribution < -0.4 is 5.32 Å². The number of fused-ring (bicyclic) bond motifs is 2. The third-order valence-electron chi connectivity index (χ3n) is 6.44. The van der Waals surface area contributed by atoms with E-state index < -0.39 is 29.0 Å². The predicted octanol–water partition coefficient (Wildman–Crippen LogP) is 4.55. The maximum Gasteiger partial charge on any atom is 0.410 e. The third-order valence-corrected chi connectivity index (χ3v) is 7.07. The average Bonchev–Trinajstić information content (AvgIpc) is 3.46. The highest BCUT2D eigenvalue weighted by molar-refractivity contribution is 7.77. The second-order valence-electron chi connectivity index (χ2n) is 9.95. The lowest BCUT2D eigenvalue weighted by molar-refractivity contribution is 0.0255. The van der Waals surface area contributed by atoms with E-state index >= 15 is 0 Å². The van der Waals surface area contributed by atoms with Crippen molar-refractivity contribution in [3.63, 3.8) is 0 Å². The van der Waals surface area contributed by atoms with E-state index in [1.54, 1.807) is 11.0 Å². The Balaban J connectivity index is 1.51. The van der Waals surface area contributed by atoms with E-state index in [-0.39, 0.29) is 6.04 Å². The first-order chi connectivity index (χ1) is 15.6. The Hall–Kier alpha value is -2.39. The van der Waals surface area contributed by atoms with Crippen molar-refractivity contribution >= 4 is 29.1 Å². The summed E-state index contributed by atoms with van der Waals surface area (Å²) >= 11 is -2.54. The van der Waals surface area contributed by atoms with Gasteiger partial charge in [0.15, 0.2) is 0 Å². The van der Waals surface area contributed by atoms with E-state index in [9.17, 15) is 18.4 Å². The number of amides is 3. The minimum Gasteiger partial charge on any atom is -0.444 e. The Bertz CT molecular complexity index is 969. The summed E-state index contributed by atoms with van der Waals surface area (Å²) in [6, 6.07) is 1.32. The molecule has 2 atom stereocenters. The number of nitrogens with zero attached hydrogens (tertiary/aromatic N) is 2.